The van der Waals surface area contributed by atoms with E-state index in [2.05, 4.69) is 53.6 Å². The van der Waals surface area contributed by atoms with Crippen LogP contribution < -0.4 is 9.13 Å². The number of rotatable bonds is 4. The number of oxazole rings is 1. The average Bonchev–Trinajstić information content (AvgIpc) is 3.34. The van der Waals surface area contributed by atoms with Gasteiger partial charge in [0.05, 0.1) is 0 Å². The Morgan fingerprint density at radius 2 is 1.36 bits per heavy atom. The molecule has 136 valence electrons. The molecule has 0 aromatic carbocycles. The molecule has 2 heterocycles. The molecule has 2 aliphatic carbocycles. The molecular weight excluding hydrogens is 308 g/mol. The van der Waals surface area contributed by atoms with Crippen LogP contribution in [0.1, 0.15) is 52.4 Å². The first kappa shape index (κ1) is 18.2. The van der Waals surface area contributed by atoms with Crippen molar-refractivity contribution in [3.8, 4) is 0 Å². The van der Waals surface area contributed by atoms with E-state index in [0.717, 1.165) is 30.2 Å². The van der Waals surface area contributed by atoms with Crippen LogP contribution in [-0.4, -0.2) is 0 Å². The number of pyridine rings is 1. The molecule has 0 amide bonds. The quantitative estimate of drug-likeness (QED) is 0.754. The molecule has 25 heavy (non-hydrogen) atoms. The lowest BCUT2D eigenvalue weighted by atomic mass is 10.1. The molecule has 2 aromatic heterocycles. The Morgan fingerprint density at radius 1 is 0.760 bits per heavy atom. The van der Waals surface area contributed by atoms with E-state index >= 15 is 0 Å². The van der Waals surface area contributed by atoms with Crippen molar-refractivity contribution in [1.29, 1.82) is 0 Å². The second-order valence-electron chi connectivity index (χ2n) is 8.36. The van der Waals surface area contributed by atoms with Crippen LogP contribution in [0.25, 0.3) is 0 Å². The Labute approximate surface area is 152 Å². The molecule has 3 heteroatoms. The first-order chi connectivity index (χ1) is 12.2. The monoisotopic (exact) mass is 342 g/mol. The summed E-state index contributed by atoms with van der Waals surface area (Å²) in [5.74, 6) is 3.68. The molecule has 0 radical (unpaired) electrons. The van der Waals surface area contributed by atoms with Gasteiger partial charge in [-0.1, -0.05) is 32.8 Å². The summed E-state index contributed by atoms with van der Waals surface area (Å²) in [6.07, 6.45) is 18.3. The van der Waals surface area contributed by atoms with Crippen LogP contribution in [0.5, 0.6) is 0 Å². The molecule has 0 bridgehead atoms. The number of hydrogen-bond acceptors (Lipinski definition) is 1. The summed E-state index contributed by atoms with van der Waals surface area (Å²) in [7, 11) is 0. The van der Waals surface area contributed by atoms with E-state index in [4.69, 9.17) is 4.42 Å². The summed E-state index contributed by atoms with van der Waals surface area (Å²) in [6.45, 7) is 7.07. The third-order valence-electron chi connectivity index (χ3n) is 5.85. The van der Waals surface area contributed by atoms with Crippen LogP contribution in [0.2, 0.25) is 0 Å². The second-order valence-corrected chi connectivity index (χ2v) is 8.36. The minimum atomic E-state index is 0.877. The smallest absolute Gasteiger partial charge is 0.334 e. The van der Waals surface area contributed by atoms with Gasteiger partial charge in [0.15, 0.2) is 31.7 Å². The highest BCUT2D eigenvalue weighted by molar-refractivity contribution is 4.83. The summed E-state index contributed by atoms with van der Waals surface area (Å²) >= 11 is 0. The molecule has 4 unspecified atom stereocenters. The molecular formula is C22H34N2O+2. The Bertz CT molecular complexity index is 596. The molecule has 3 nitrogen and oxygen atoms in total. The number of nitrogens with zero attached hydrogens (tertiary/aromatic N) is 2. The van der Waals surface area contributed by atoms with Crippen LogP contribution in [0.15, 0.2) is 53.9 Å². The normalized spacial score (nSPS) is 28.6. The van der Waals surface area contributed by atoms with Crippen LogP contribution in [-0.2, 0) is 13.1 Å². The van der Waals surface area contributed by atoms with E-state index in [9.17, 15) is 0 Å². The van der Waals surface area contributed by atoms with Gasteiger partial charge in [-0.2, -0.15) is 4.57 Å². The number of aromatic nitrogens is 2. The van der Waals surface area contributed by atoms with Crippen LogP contribution in [0.3, 0.4) is 0 Å². The van der Waals surface area contributed by atoms with Gasteiger partial charge >= 0.3 is 6.39 Å². The molecule has 0 aliphatic heterocycles. The maximum absolute atomic E-state index is 5.01. The van der Waals surface area contributed by atoms with Crippen LogP contribution in [0.4, 0.5) is 0 Å². The van der Waals surface area contributed by atoms with Gasteiger partial charge in [-0.3, -0.25) is 0 Å². The zero-order valence-electron chi connectivity index (χ0n) is 15.9. The summed E-state index contributed by atoms with van der Waals surface area (Å²) in [4.78, 5) is 0. The summed E-state index contributed by atoms with van der Waals surface area (Å²) in [5.41, 5.74) is 0. The average molecular weight is 343 g/mol. The SMILES string of the molecule is CC1CCC(C[n+]2ccccc2)C1.CC1CCC(C[n+]2ccoc2)C1. The fourth-order valence-corrected chi connectivity index (χ4v) is 4.50. The van der Waals surface area contributed by atoms with Crippen molar-refractivity contribution in [2.45, 2.75) is 65.5 Å². The van der Waals surface area contributed by atoms with Gasteiger partial charge in [0.1, 0.15) is 0 Å². The molecule has 4 atom stereocenters. The second kappa shape index (κ2) is 9.17. The van der Waals surface area contributed by atoms with Gasteiger partial charge in [-0.05, 0) is 37.5 Å². The van der Waals surface area contributed by atoms with E-state index in [0.29, 0.717) is 0 Å². The maximum atomic E-state index is 5.01. The Hall–Kier alpha value is -1.64. The van der Waals surface area contributed by atoms with E-state index < -0.39 is 0 Å². The van der Waals surface area contributed by atoms with Crippen molar-refractivity contribution < 1.29 is 13.6 Å². The lowest BCUT2D eigenvalue weighted by Crippen LogP contribution is -2.35. The third-order valence-corrected chi connectivity index (χ3v) is 5.85. The standard InChI is InChI=1S/C12H18N.C10H16NO/c1-11-5-6-12(9-11)10-13-7-3-2-4-8-13;1-9-2-3-10(6-9)7-11-4-5-12-8-11/h2-4,7-8,11-12H,5-6,9-10H2,1H3;4-5,8-10H,2-3,6-7H2,1H3/q2*+1. The molecule has 0 saturated heterocycles. The van der Waals surface area contributed by atoms with Crippen LogP contribution >= 0.6 is 0 Å². The molecule has 4 rings (SSSR count). The van der Waals surface area contributed by atoms with E-state index in [-0.39, 0.29) is 0 Å². The van der Waals surface area contributed by atoms with Gasteiger partial charge in [0, 0.05) is 24.0 Å². The molecule has 0 spiro atoms. The summed E-state index contributed by atoms with van der Waals surface area (Å²) < 4.78 is 9.46. The van der Waals surface area contributed by atoms with Gasteiger partial charge in [0.2, 0.25) is 6.20 Å². The highest BCUT2D eigenvalue weighted by Gasteiger charge is 2.25. The number of hydrogen-bond donors (Lipinski definition) is 0. The summed E-state index contributed by atoms with van der Waals surface area (Å²) in [6, 6.07) is 6.30. The first-order valence-electron chi connectivity index (χ1n) is 10.0. The summed E-state index contributed by atoms with van der Waals surface area (Å²) in [5, 5.41) is 0. The van der Waals surface area contributed by atoms with Crippen molar-refractivity contribution >= 4 is 0 Å². The molecule has 2 saturated carbocycles. The predicted octanol–water partition coefficient (Wildman–Crippen LogP) is 4.41. The van der Waals surface area contributed by atoms with Crippen molar-refractivity contribution in [2.24, 2.45) is 23.7 Å². The zero-order chi connectivity index (χ0) is 17.5. The molecule has 2 fully saturated rings. The minimum absolute atomic E-state index is 0.877. The third kappa shape index (κ3) is 5.98. The van der Waals surface area contributed by atoms with E-state index in [1.54, 1.807) is 12.7 Å². The Kier molecular flexibility index (Phi) is 6.66. The van der Waals surface area contributed by atoms with E-state index in [1.165, 1.54) is 45.1 Å². The highest BCUT2D eigenvalue weighted by atomic mass is 16.3. The van der Waals surface area contributed by atoms with Gasteiger partial charge in [-0.25, -0.2) is 4.57 Å². The Morgan fingerprint density at radius 3 is 1.84 bits per heavy atom. The van der Waals surface area contributed by atoms with Gasteiger partial charge < -0.3 is 4.42 Å². The lowest BCUT2D eigenvalue weighted by Gasteiger charge is -2.04. The molecule has 2 aliphatic rings. The topological polar surface area (TPSA) is 20.9 Å². The van der Waals surface area contributed by atoms with E-state index in [1.807, 2.05) is 6.20 Å². The molecule has 0 N–H and O–H groups in total. The van der Waals surface area contributed by atoms with Crippen molar-refractivity contribution in [1.82, 2.24) is 0 Å². The molecule has 2 aromatic rings. The van der Waals surface area contributed by atoms with Crippen molar-refractivity contribution in [3.63, 3.8) is 0 Å². The fraction of sp³-hybridized carbons (Fsp3) is 0.636. The van der Waals surface area contributed by atoms with Crippen LogP contribution in [0, 0.1) is 23.7 Å². The zero-order valence-corrected chi connectivity index (χ0v) is 15.9. The highest BCUT2D eigenvalue weighted by Crippen LogP contribution is 2.30. The van der Waals surface area contributed by atoms with Crippen molar-refractivity contribution in [3.05, 3.63) is 49.4 Å². The van der Waals surface area contributed by atoms with Gasteiger partial charge in [0.25, 0.3) is 0 Å². The lowest BCUT2D eigenvalue weighted by molar-refractivity contribution is -0.705. The Balaban J connectivity index is 0.000000146. The first-order valence-corrected chi connectivity index (χ1v) is 10.0. The fourth-order valence-electron chi connectivity index (χ4n) is 4.50. The minimum Gasteiger partial charge on any atom is -0.412 e. The predicted molar refractivity (Wildman–Crippen MR) is 98.6 cm³/mol. The van der Waals surface area contributed by atoms with Gasteiger partial charge in [-0.15, -0.1) is 0 Å². The largest absolute Gasteiger partial charge is 0.412 e. The maximum Gasteiger partial charge on any atom is 0.334 e. The van der Waals surface area contributed by atoms with Crippen molar-refractivity contribution in [2.75, 3.05) is 0 Å².